The van der Waals surface area contributed by atoms with Crippen LogP contribution in [0.4, 0.5) is 0 Å². The summed E-state index contributed by atoms with van der Waals surface area (Å²) >= 11 is 0. The van der Waals surface area contributed by atoms with Crippen LogP contribution in [0.1, 0.15) is 19.3 Å². The van der Waals surface area contributed by atoms with E-state index in [1.54, 1.807) is 6.08 Å². The third kappa shape index (κ3) is 2.18. The Balaban J connectivity index is 2.14. The van der Waals surface area contributed by atoms with Crippen molar-refractivity contribution in [1.29, 1.82) is 0 Å². The van der Waals surface area contributed by atoms with Crippen molar-refractivity contribution < 1.29 is 19.0 Å². The molecule has 0 N–H and O–H groups in total. The summed E-state index contributed by atoms with van der Waals surface area (Å²) in [5.41, 5.74) is 0.932. The van der Waals surface area contributed by atoms with E-state index in [0.29, 0.717) is 13.2 Å². The molecule has 0 saturated carbocycles. The number of hydrogen-bond acceptors (Lipinski definition) is 4. The third-order valence-electron chi connectivity index (χ3n) is 2.87. The van der Waals surface area contributed by atoms with Gasteiger partial charge < -0.3 is 14.2 Å². The van der Waals surface area contributed by atoms with Gasteiger partial charge in [0.25, 0.3) is 0 Å². The maximum absolute atomic E-state index is 11.0. The van der Waals surface area contributed by atoms with Crippen molar-refractivity contribution in [3.63, 3.8) is 0 Å². The number of carbonyl (C=O) groups excluding carboxylic acids is 1. The quantitative estimate of drug-likeness (QED) is 0.527. The molecule has 0 unspecified atom stereocenters. The average molecular weight is 224 g/mol. The lowest BCUT2D eigenvalue weighted by Crippen LogP contribution is -2.33. The van der Waals surface area contributed by atoms with Crippen LogP contribution in [0, 0.1) is 0 Å². The molecule has 0 amide bonds. The number of esters is 1. The minimum absolute atomic E-state index is 0.361. The summed E-state index contributed by atoms with van der Waals surface area (Å²) in [6.07, 6.45) is 8.10. The summed E-state index contributed by atoms with van der Waals surface area (Å²) in [6.45, 7) is 1.23. The van der Waals surface area contributed by atoms with E-state index in [9.17, 15) is 4.79 Å². The molecule has 0 aromatic rings. The molecule has 0 atom stereocenters. The standard InChI is InChI=1S/C12H16O4/c1-14-11(13)6-5-10-4-2-3-7-12(10)15-8-9-16-12/h4-6H,2-3,7-9H2,1H3/b6-5+. The maximum atomic E-state index is 11.0. The smallest absolute Gasteiger partial charge is 0.330 e. The Morgan fingerprint density at radius 3 is 2.94 bits per heavy atom. The lowest BCUT2D eigenvalue weighted by atomic mass is 9.92. The fourth-order valence-corrected chi connectivity index (χ4v) is 2.08. The second kappa shape index (κ2) is 4.80. The molecule has 0 radical (unpaired) electrons. The molecule has 1 fully saturated rings. The van der Waals surface area contributed by atoms with Crippen LogP contribution >= 0.6 is 0 Å². The number of hydrogen-bond donors (Lipinski definition) is 0. The van der Waals surface area contributed by atoms with E-state index in [1.807, 2.05) is 0 Å². The zero-order valence-corrected chi connectivity index (χ0v) is 9.40. The van der Waals surface area contributed by atoms with Crippen LogP contribution in [-0.4, -0.2) is 32.1 Å². The van der Waals surface area contributed by atoms with Gasteiger partial charge in [-0.3, -0.25) is 0 Å². The van der Waals surface area contributed by atoms with Crippen LogP contribution in [0.25, 0.3) is 0 Å². The Bertz CT molecular complexity index is 324. The average Bonchev–Trinajstić information content (AvgIpc) is 2.77. The lowest BCUT2D eigenvalue weighted by Gasteiger charge is -2.31. The monoisotopic (exact) mass is 224 g/mol. The molecule has 1 aliphatic carbocycles. The van der Waals surface area contributed by atoms with Gasteiger partial charge in [-0.15, -0.1) is 0 Å². The van der Waals surface area contributed by atoms with E-state index in [0.717, 1.165) is 24.8 Å². The van der Waals surface area contributed by atoms with E-state index in [2.05, 4.69) is 10.8 Å². The van der Waals surface area contributed by atoms with Gasteiger partial charge in [-0.25, -0.2) is 4.79 Å². The number of ether oxygens (including phenoxy) is 3. The van der Waals surface area contributed by atoms with Crippen molar-refractivity contribution in [2.24, 2.45) is 0 Å². The summed E-state index contributed by atoms with van der Waals surface area (Å²) < 4.78 is 15.9. The molecule has 2 rings (SSSR count). The lowest BCUT2D eigenvalue weighted by molar-refractivity contribution is -0.135. The van der Waals surface area contributed by atoms with E-state index in [1.165, 1.54) is 13.2 Å². The van der Waals surface area contributed by atoms with Gasteiger partial charge in [-0.1, -0.05) is 6.08 Å². The molecule has 88 valence electrons. The fraction of sp³-hybridized carbons (Fsp3) is 0.583. The minimum Gasteiger partial charge on any atom is -0.466 e. The van der Waals surface area contributed by atoms with Gasteiger partial charge >= 0.3 is 5.97 Å². The van der Waals surface area contributed by atoms with Gasteiger partial charge in [0.05, 0.1) is 20.3 Å². The summed E-state index contributed by atoms with van der Waals surface area (Å²) in [7, 11) is 1.36. The second-order valence-electron chi connectivity index (χ2n) is 3.86. The predicted octanol–water partition coefficient (Wildman–Crippen LogP) is 1.57. The molecule has 2 aliphatic rings. The predicted molar refractivity (Wildman–Crippen MR) is 57.7 cm³/mol. The zero-order chi connectivity index (χ0) is 11.4. The summed E-state index contributed by atoms with van der Waals surface area (Å²) in [5, 5.41) is 0. The van der Waals surface area contributed by atoms with Crippen molar-refractivity contribution in [3.05, 3.63) is 23.8 Å². The van der Waals surface area contributed by atoms with Gasteiger partial charge in [-0.2, -0.15) is 0 Å². The second-order valence-corrected chi connectivity index (χ2v) is 3.86. The molecule has 0 aromatic heterocycles. The largest absolute Gasteiger partial charge is 0.466 e. The normalized spacial score (nSPS) is 23.7. The topological polar surface area (TPSA) is 44.8 Å². The van der Waals surface area contributed by atoms with Crippen molar-refractivity contribution in [3.8, 4) is 0 Å². The number of rotatable bonds is 2. The van der Waals surface area contributed by atoms with E-state index >= 15 is 0 Å². The van der Waals surface area contributed by atoms with Crippen LogP contribution < -0.4 is 0 Å². The first-order valence-electron chi connectivity index (χ1n) is 5.51. The van der Waals surface area contributed by atoms with Crippen molar-refractivity contribution in [2.45, 2.75) is 25.0 Å². The molecule has 1 spiro atoms. The minimum atomic E-state index is -0.608. The van der Waals surface area contributed by atoms with Crippen molar-refractivity contribution in [2.75, 3.05) is 20.3 Å². The Kier molecular flexibility index (Phi) is 3.41. The first-order chi connectivity index (χ1) is 7.77. The molecular formula is C12H16O4. The first kappa shape index (κ1) is 11.4. The van der Waals surface area contributed by atoms with Crippen LogP contribution in [0.3, 0.4) is 0 Å². The molecule has 0 bridgehead atoms. The van der Waals surface area contributed by atoms with Gasteiger partial charge in [-0.05, 0) is 18.9 Å². The molecule has 4 nitrogen and oxygen atoms in total. The molecule has 1 heterocycles. The third-order valence-corrected chi connectivity index (χ3v) is 2.87. The van der Waals surface area contributed by atoms with Gasteiger partial charge in [0.2, 0.25) is 0 Å². The Morgan fingerprint density at radius 2 is 2.25 bits per heavy atom. The van der Waals surface area contributed by atoms with Crippen LogP contribution in [0.15, 0.2) is 23.8 Å². The molecule has 0 aromatic carbocycles. The van der Waals surface area contributed by atoms with Crippen LogP contribution in [0.2, 0.25) is 0 Å². The molecule has 4 heteroatoms. The summed E-state index contributed by atoms with van der Waals surface area (Å²) in [5.74, 6) is -0.970. The Labute approximate surface area is 94.9 Å². The molecule has 1 saturated heterocycles. The number of carbonyl (C=O) groups is 1. The highest BCUT2D eigenvalue weighted by molar-refractivity contribution is 5.82. The highest BCUT2D eigenvalue weighted by atomic mass is 16.7. The van der Waals surface area contributed by atoms with Gasteiger partial charge in [0.15, 0.2) is 5.79 Å². The highest BCUT2D eigenvalue weighted by Gasteiger charge is 2.40. The SMILES string of the molecule is COC(=O)/C=C/C1=CCCCC12OCCO2. The van der Waals surface area contributed by atoms with Crippen molar-refractivity contribution in [1.82, 2.24) is 0 Å². The maximum Gasteiger partial charge on any atom is 0.330 e. The number of methoxy groups -OCH3 is 1. The zero-order valence-electron chi connectivity index (χ0n) is 9.40. The van der Waals surface area contributed by atoms with Gasteiger partial charge in [0, 0.05) is 18.1 Å². The van der Waals surface area contributed by atoms with Crippen LogP contribution in [-0.2, 0) is 19.0 Å². The molecule has 16 heavy (non-hydrogen) atoms. The Morgan fingerprint density at radius 1 is 1.50 bits per heavy atom. The van der Waals surface area contributed by atoms with Crippen molar-refractivity contribution >= 4 is 5.97 Å². The highest BCUT2D eigenvalue weighted by Crippen LogP contribution is 2.37. The Hall–Kier alpha value is -1.13. The fourth-order valence-electron chi connectivity index (χ4n) is 2.08. The molecular weight excluding hydrogens is 208 g/mol. The van der Waals surface area contributed by atoms with Gasteiger partial charge in [0.1, 0.15) is 0 Å². The summed E-state index contributed by atoms with van der Waals surface area (Å²) in [4.78, 5) is 11.0. The molecule has 1 aliphatic heterocycles. The first-order valence-corrected chi connectivity index (χ1v) is 5.51. The van der Waals surface area contributed by atoms with E-state index in [-0.39, 0.29) is 5.97 Å². The summed E-state index contributed by atoms with van der Waals surface area (Å²) in [6, 6.07) is 0. The van der Waals surface area contributed by atoms with E-state index in [4.69, 9.17) is 9.47 Å². The van der Waals surface area contributed by atoms with E-state index < -0.39 is 5.79 Å². The van der Waals surface area contributed by atoms with Crippen LogP contribution in [0.5, 0.6) is 0 Å². The number of allylic oxidation sites excluding steroid dienone is 1.